The summed E-state index contributed by atoms with van der Waals surface area (Å²) in [6.07, 6.45) is 30.3. The Bertz CT molecular complexity index is 1020. The zero-order valence-corrected chi connectivity index (χ0v) is 27.8. The molecule has 0 heterocycles. The van der Waals surface area contributed by atoms with E-state index in [0.29, 0.717) is 12.3 Å². The van der Waals surface area contributed by atoms with Gasteiger partial charge in [-0.05, 0) is 94.6 Å². The van der Waals surface area contributed by atoms with Gasteiger partial charge in [-0.25, -0.2) is 0 Å². The predicted molar refractivity (Wildman–Crippen MR) is 181 cm³/mol. The average molecular weight is 561 g/mol. The van der Waals surface area contributed by atoms with Crippen molar-refractivity contribution < 1.29 is 9.53 Å². The van der Waals surface area contributed by atoms with Crippen LogP contribution in [-0.2, 0) is 9.53 Å². The molecule has 0 spiro atoms. The van der Waals surface area contributed by atoms with E-state index in [4.69, 9.17) is 4.74 Å². The Morgan fingerprint density at radius 3 is 2.27 bits per heavy atom. The number of hydrogen-bond donors (Lipinski definition) is 0. The fourth-order valence-electron chi connectivity index (χ4n) is 5.45. The lowest BCUT2D eigenvalue weighted by Crippen LogP contribution is -2.43. The molecule has 2 aliphatic carbocycles. The Morgan fingerprint density at radius 2 is 1.78 bits per heavy atom. The van der Waals surface area contributed by atoms with Gasteiger partial charge in [-0.2, -0.15) is 0 Å². The summed E-state index contributed by atoms with van der Waals surface area (Å²) in [5.74, 6) is 0.966. The summed E-state index contributed by atoms with van der Waals surface area (Å²) < 4.78 is 6.40. The number of carbonyl (C=O) groups excluding carboxylic acids is 1. The smallest absolute Gasteiger partial charge is 0.316 e. The maximum atomic E-state index is 14.3. The van der Waals surface area contributed by atoms with E-state index in [-0.39, 0.29) is 23.7 Å². The molecule has 0 radical (unpaired) electrons. The summed E-state index contributed by atoms with van der Waals surface area (Å²) >= 11 is 0. The molecule has 1 saturated carbocycles. The molecule has 0 N–H and O–H groups in total. The largest absolute Gasteiger partial charge is 0.459 e. The van der Waals surface area contributed by atoms with Crippen molar-refractivity contribution in [1.82, 2.24) is 0 Å². The topological polar surface area (TPSA) is 26.3 Å². The lowest BCUT2D eigenvalue weighted by atomic mass is 9.67. The van der Waals surface area contributed by atoms with Gasteiger partial charge < -0.3 is 4.74 Å². The van der Waals surface area contributed by atoms with E-state index in [1.54, 1.807) is 6.08 Å². The molecule has 2 aliphatic rings. The number of rotatable bonds is 16. The first kappa shape index (κ1) is 36.4. The second kappa shape index (κ2) is 18.0. The van der Waals surface area contributed by atoms with Crippen molar-refractivity contribution in [2.24, 2.45) is 29.1 Å². The SMILES string of the molecule is C=C\C=C/C(/C=C/[C@@H](C1=CCCC=C1)C(CC(C=C1CC1)(CC=C)C(=O)OC(C)(C)C(C)CC)C(C)C)=C\C.CC. The van der Waals surface area contributed by atoms with Crippen LogP contribution in [0.2, 0.25) is 0 Å². The molecule has 0 aromatic rings. The van der Waals surface area contributed by atoms with Gasteiger partial charge in [-0.3, -0.25) is 4.79 Å². The zero-order valence-electron chi connectivity index (χ0n) is 27.8. The minimum Gasteiger partial charge on any atom is -0.459 e. The Labute approximate surface area is 253 Å². The zero-order chi connectivity index (χ0) is 31.1. The molecule has 2 heteroatoms. The second-order valence-corrected chi connectivity index (χ2v) is 12.3. The molecule has 2 rings (SSSR count). The van der Waals surface area contributed by atoms with Crippen LogP contribution in [0.25, 0.3) is 0 Å². The lowest BCUT2D eigenvalue weighted by Gasteiger charge is -2.40. The Balaban J connectivity index is 0.00000411. The molecule has 0 bridgehead atoms. The first-order valence-electron chi connectivity index (χ1n) is 16.1. The third-order valence-corrected chi connectivity index (χ3v) is 8.67. The van der Waals surface area contributed by atoms with Crippen LogP contribution in [0.1, 0.15) is 107 Å². The van der Waals surface area contributed by atoms with Crippen molar-refractivity contribution in [3.8, 4) is 0 Å². The van der Waals surface area contributed by atoms with Crippen molar-refractivity contribution in [1.29, 1.82) is 0 Å². The summed E-state index contributed by atoms with van der Waals surface area (Å²) in [5.41, 5.74) is 2.62. The van der Waals surface area contributed by atoms with Gasteiger partial charge in [-0.1, -0.05) is 121 Å². The summed E-state index contributed by atoms with van der Waals surface area (Å²) in [6.45, 7) is 27.0. The highest BCUT2D eigenvalue weighted by Gasteiger charge is 2.45. The molecule has 0 aromatic heterocycles. The minimum atomic E-state index is -0.718. The van der Waals surface area contributed by atoms with Crippen LogP contribution < -0.4 is 0 Å². The minimum absolute atomic E-state index is 0.100. The highest BCUT2D eigenvalue weighted by molar-refractivity contribution is 5.80. The molecule has 0 aliphatic heterocycles. The van der Waals surface area contributed by atoms with Crippen molar-refractivity contribution in [3.05, 3.63) is 96.7 Å². The first-order chi connectivity index (χ1) is 19.5. The molecular formula is C39H60O2. The van der Waals surface area contributed by atoms with Gasteiger partial charge in [0.2, 0.25) is 0 Å². The van der Waals surface area contributed by atoms with Gasteiger partial charge in [0.1, 0.15) is 5.60 Å². The Morgan fingerprint density at radius 1 is 1.10 bits per heavy atom. The average Bonchev–Trinajstić information content (AvgIpc) is 3.78. The first-order valence-corrected chi connectivity index (χ1v) is 16.1. The quantitative estimate of drug-likeness (QED) is 0.107. The molecule has 0 saturated heterocycles. The van der Waals surface area contributed by atoms with Crippen molar-refractivity contribution in [3.63, 3.8) is 0 Å². The van der Waals surface area contributed by atoms with Crippen molar-refractivity contribution in [2.75, 3.05) is 0 Å². The highest BCUT2D eigenvalue weighted by Crippen LogP contribution is 2.46. The van der Waals surface area contributed by atoms with E-state index >= 15 is 0 Å². The van der Waals surface area contributed by atoms with E-state index in [1.165, 1.54) is 11.1 Å². The molecule has 4 atom stereocenters. The van der Waals surface area contributed by atoms with Gasteiger partial charge in [0.05, 0.1) is 5.41 Å². The van der Waals surface area contributed by atoms with Gasteiger partial charge >= 0.3 is 5.97 Å². The third kappa shape index (κ3) is 11.3. The van der Waals surface area contributed by atoms with Crippen LogP contribution in [0.4, 0.5) is 0 Å². The van der Waals surface area contributed by atoms with Gasteiger partial charge in [0, 0.05) is 5.92 Å². The number of carbonyl (C=O) groups is 1. The summed E-state index contributed by atoms with van der Waals surface area (Å²) in [7, 11) is 0. The van der Waals surface area contributed by atoms with Crippen LogP contribution in [0.15, 0.2) is 96.7 Å². The molecule has 3 unspecified atom stereocenters. The molecule has 2 nitrogen and oxygen atoms in total. The standard InChI is InChI=1S/C37H54O2.C2H6/c1-10-14-18-30(13-4)23-24-33(32-19-16-15-17-20-32)34(28(5)6)27-37(25-11-2,26-31-21-22-31)35(38)39-36(8,9)29(7)12-3;1-2/h10-11,13-14,16,18-20,23-24,26,28-29,33-34H,1-2,12,15,17,21-22,25,27H2,3-9H3;1-2H3/b18-14-,24-23+,30-13+;/t29?,33-,34?,37?;/m0./s1. The molecule has 1 fully saturated rings. The number of allylic oxidation sites excluding steroid dienone is 13. The molecule has 228 valence electrons. The molecule has 0 aromatic carbocycles. The fraction of sp³-hybridized carbons (Fsp3) is 0.564. The van der Waals surface area contributed by atoms with Gasteiger partial charge in [-0.15, -0.1) is 6.58 Å². The predicted octanol–water partition coefficient (Wildman–Crippen LogP) is 11.5. The van der Waals surface area contributed by atoms with Gasteiger partial charge in [0.15, 0.2) is 0 Å². The third-order valence-electron chi connectivity index (χ3n) is 8.67. The number of ether oxygens (including phenoxy) is 1. The number of esters is 1. The summed E-state index contributed by atoms with van der Waals surface area (Å²) in [6, 6.07) is 0. The van der Waals surface area contributed by atoms with E-state index < -0.39 is 11.0 Å². The van der Waals surface area contributed by atoms with Crippen LogP contribution in [-0.4, -0.2) is 11.6 Å². The van der Waals surface area contributed by atoms with Crippen LogP contribution >= 0.6 is 0 Å². The van der Waals surface area contributed by atoms with Crippen molar-refractivity contribution in [2.45, 2.75) is 113 Å². The fourth-order valence-corrected chi connectivity index (χ4v) is 5.45. The van der Waals surface area contributed by atoms with Crippen LogP contribution in [0.5, 0.6) is 0 Å². The van der Waals surface area contributed by atoms with E-state index in [2.05, 4.69) is 110 Å². The summed E-state index contributed by atoms with van der Waals surface area (Å²) in [4.78, 5) is 14.3. The molecule has 0 amide bonds. The van der Waals surface area contributed by atoms with Crippen LogP contribution in [0.3, 0.4) is 0 Å². The van der Waals surface area contributed by atoms with E-state index in [9.17, 15) is 4.79 Å². The Kier molecular flexibility index (Phi) is 16.0. The van der Waals surface area contributed by atoms with E-state index in [0.717, 1.165) is 44.1 Å². The lowest BCUT2D eigenvalue weighted by molar-refractivity contribution is -0.172. The van der Waals surface area contributed by atoms with Crippen LogP contribution in [0, 0.1) is 29.1 Å². The monoisotopic (exact) mass is 560 g/mol. The number of hydrogen-bond acceptors (Lipinski definition) is 2. The summed E-state index contributed by atoms with van der Waals surface area (Å²) in [5, 5.41) is 0. The molecular weight excluding hydrogens is 500 g/mol. The van der Waals surface area contributed by atoms with E-state index in [1.807, 2.05) is 26.0 Å². The van der Waals surface area contributed by atoms with Crippen molar-refractivity contribution >= 4 is 5.97 Å². The maximum absolute atomic E-state index is 14.3. The maximum Gasteiger partial charge on any atom is 0.316 e. The Hall–Kier alpha value is -2.61. The normalized spacial score (nSPS) is 19.1. The second-order valence-electron chi connectivity index (χ2n) is 12.3. The molecule has 41 heavy (non-hydrogen) atoms. The van der Waals surface area contributed by atoms with Gasteiger partial charge in [0.25, 0.3) is 0 Å². The highest BCUT2D eigenvalue weighted by atomic mass is 16.6.